The standard InChI is InChI=1S/C8H8N2O2.ClH/c9-10-5-6-1-3-7(4-2-6)8(11)12;/h1-5H,9H2,(H,11,12);1H. The molecule has 0 saturated heterocycles. The van der Waals surface area contributed by atoms with Crippen LogP contribution in [0.3, 0.4) is 0 Å². The van der Waals surface area contributed by atoms with Crippen LogP contribution in [0.25, 0.3) is 0 Å². The maximum absolute atomic E-state index is 10.4. The van der Waals surface area contributed by atoms with Crippen LogP contribution in [0.5, 0.6) is 0 Å². The van der Waals surface area contributed by atoms with E-state index >= 15 is 0 Å². The van der Waals surface area contributed by atoms with Crippen LogP contribution in [0.1, 0.15) is 15.9 Å². The van der Waals surface area contributed by atoms with Gasteiger partial charge in [0.25, 0.3) is 0 Å². The summed E-state index contributed by atoms with van der Waals surface area (Å²) < 4.78 is 0. The van der Waals surface area contributed by atoms with Gasteiger partial charge in [-0.2, -0.15) is 5.10 Å². The second-order valence-electron chi connectivity index (χ2n) is 2.21. The molecular weight excluding hydrogens is 192 g/mol. The van der Waals surface area contributed by atoms with Crippen molar-refractivity contribution >= 4 is 24.6 Å². The van der Waals surface area contributed by atoms with Crippen LogP contribution in [0, 0.1) is 0 Å². The van der Waals surface area contributed by atoms with Gasteiger partial charge in [0.15, 0.2) is 0 Å². The van der Waals surface area contributed by atoms with Gasteiger partial charge in [0.1, 0.15) is 0 Å². The van der Waals surface area contributed by atoms with Crippen molar-refractivity contribution in [3.05, 3.63) is 35.4 Å². The van der Waals surface area contributed by atoms with Crippen LogP contribution >= 0.6 is 12.4 Å². The molecule has 0 unspecified atom stereocenters. The zero-order valence-electron chi connectivity index (χ0n) is 6.68. The molecule has 0 amide bonds. The number of carboxylic acid groups (broad SMARTS) is 1. The molecule has 0 heterocycles. The number of rotatable bonds is 2. The maximum atomic E-state index is 10.4. The fourth-order valence-corrected chi connectivity index (χ4v) is 0.798. The van der Waals surface area contributed by atoms with Crippen molar-refractivity contribution in [1.82, 2.24) is 0 Å². The van der Waals surface area contributed by atoms with Crippen LogP contribution in [-0.2, 0) is 0 Å². The minimum atomic E-state index is -0.939. The molecule has 4 nitrogen and oxygen atoms in total. The lowest BCUT2D eigenvalue weighted by atomic mass is 10.1. The first kappa shape index (κ1) is 11.4. The molecule has 13 heavy (non-hydrogen) atoms. The van der Waals surface area contributed by atoms with Gasteiger partial charge >= 0.3 is 5.97 Å². The highest BCUT2D eigenvalue weighted by Crippen LogP contribution is 2.01. The Kier molecular flexibility index (Phi) is 4.54. The van der Waals surface area contributed by atoms with E-state index in [2.05, 4.69) is 5.10 Å². The van der Waals surface area contributed by atoms with Gasteiger partial charge in [0.2, 0.25) is 0 Å². The molecule has 5 heteroatoms. The van der Waals surface area contributed by atoms with Crippen molar-refractivity contribution in [3.63, 3.8) is 0 Å². The number of carbonyl (C=O) groups is 1. The molecule has 1 aromatic carbocycles. The van der Waals surface area contributed by atoms with E-state index in [9.17, 15) is 4.79 Å². The number of nitrogens with zero attached hydrogens (tertiary/aromatic N) is 1. The number of hydrogen-bond acceptors (Lipinski definition) is 3. The largest absolute Gasteiger partial charge is 0.478 e. The molecule has 3 N–H and O–H groups in total. The number of hydrogen-bond donors (Lipinski definition) is 2. The van der Waals surface area contributed by atoms with E-state index in [1.165, 1.54) is 18.3 Å². The summed E-state index contributed by atoms with van der Waals surface area (Å²) in [6.07, 6.45) is 1.45. The number of hydrazone groups is 1. The van der Waals surface area contributed by atoms with Crippen molar-refractivity contribution in [2.45, 2.75) is 0 Å². The first-order chi connectivity index (χ1) is 5.74. The van der Waals surface area contributed by atoms with E-state index in [1.807, 2.05) is 0 Å². The van der Waals surface area contributed by atoms with Crippen LogP contribution in [-0.4, -0.2) is 17.3 Å². The van der Waals surface area contributed by atoms with Crippen LogP contribution in [0.15, 0.2) is 29.4 Å². The van der Waals surface area contributed by atoms with E-state index in [-0.39, 0.29) is 18.0 Å². The van der Waals surface area contributed by atoms with E-state index in [1.54, 1.807) is 12.1 Å². The zero-order valence-corrected chi connectivity index (χ0v) is 7.49. The lowest BCUT2D eigenvalue weighted by Gasteiger charge is -1.93. The topological polar surface area (TPSA) is 75.7 Å². The summed E-state index contributed by atoms with van der Waals surface area (Å²) in [6.45, 7) is 0. The van der Waals surface area contributed by atoms with Gasteiger partial charge in [-0.1, -0.05) is 12.1 Å². The third-order valence-corrected chi connectivity index (χ3v) is 1.38. The van der Waals surface area contributed by atoms with Crippen molar-refractivity contribution in [3.8, 4) is 0 Å². The number of halogens is 1. The molecule has 0 spiro atoms. The molecule has 0 fully saturated rings. The summed E-state index contributed by atoms with van der Waals surface area (Å²) in [5.41, 5.74) is 1.03. The molecule has 0 aliphatic carbocycles. The molecule has 70 valence electrons. The smallest absolute Gasteiger partial charge is 0.335 e. The van der Waals surface area contributed by atoms with Gasteiger partial charge in [-0.05, 0) is 17.7 Å². The predicted molar refractivity (Wildman–Crippen MR) is 52.4 cm³/mol. The third-order valence-electron chi connectivity index (χ3n) is 1.38. The Morgan fingerprint density at radius 1 is 1.38 bits per heavy atom. The predicted octanol–water partition coefficient (Wildman–Crippen LogP) is 1.10. The fourth-order valence-electron chi connectivity index (χ4n) is 0.798. The SMILES string of the molecule is Cl.NN=Cc1ccc(C(=O)O)cc1. The first-order valence-corrected chi connectivity index (χ1v) is 3.30. The summed E-state index contributed by atoms with van der Waals surface area (Å²) in [5.74, 6) is 3.97. The second-order valence-corrected chi connectivity index (χ2v) is 2.21. The normalized spacial score (nSPS) is 9.54. The van der Waals surface area contributed by atoms with Gasteiger partial charge < -0.3 is 10.9 Å². The van der Waals surface area contributed by atoms with E-state index in [0.717, 1.165) is 5.56 Å². The highest BCUT2D eigenvalue weighted by atomic mass is 35.5. The van der Waals surface area contributed by atoms with Gasteiger partial charge in [-0.3, -0.25) is 0 Å². The van der Waals surface area contributed by atoms with Crippen LogP contribution in [0.2, 0.25) is 0 Å². The molecule has 0 atom stereocenters. The van der Waals surface area contributed by atoms with Crippen LogP contribution in [0.4, 0.5) is 0 Å². The van der Waals surface area contributed by atoms with Gasteiger partial charge in [0.05, 0.1) is 11.8 Å². The molecule has 0 aliphatic heterocycles. The van der Waals surface area contributed by atoms with Gasteiger partial charge in [-0.25, -0.2) is 4.79 Å². The van der Waals surface area contributed by atoms with E-state index < -0.39 is 5.97 Å². The summed E-state index contributed by atoms with van der Waals surface area (Å²) in [5, 5.41) is 11.9. The molecule has 0 bridgehead atoms. The Balaban J connectivity index is 0.00000144. The van der Waals surface area contributed by atoms with Crippen molar-refractivity contribution < 1.29 is 9.90 Å². The van der Waals surface area contributed by atoms with Crippen molar-refractivity contribution in [2.24, 2.45) is 10.9 Å². The number of nitrogens with two attached hydrogens (primary N) is 1. The quantitative estimate of drug-likeness (QED) is 0.427. The Morgan fingerprint density at radius 2 is 1.92 bits per heavy atom. The average molecular weight is 201 g/mol. The number of carboxylic acids is 1. The molecule has 0 aromatic heterocycles. The number of benzene rings is 1. The fraction of sp³-hybridized carbons (Fsp3) is 0. The second kappa shape index (κ2) is 5.16. The Hall–Kier alpha value is -1.55. The van der Waals surface area contributed by atoms with E-state index in [0.29, 0.717) is 0 Å². The Morgan fingerprint density at radius 3 is 2.31 bits per heavy atom. The summed E-state index contributed by atoms with van der Waals surface area (Å²) in [6, 6.07) is 6.28. The molecule has 0 aliphatic rings. The molecule has 0 radical (unpaired) electrons. The van der Waals surface area contributed by atoms with Gasteiger partial charge in [-0.15, -0.1) is 12.4 Å². The molecule has 0 saturated carbocycles. The molecule has 1 aromatic rings. The highest BCUT2D eigenvalue weighted by molar-refractivity contribution is 5.89. The Labute approximate surface area is 81.5 Å². The Bertz CT molecular complexity index is 308. The molecule has 1 rings (SSSR count). The minimum Gasteiger partial charge on any atom is -0.478 e. The average Bonchev–Trinajstić information content (AvgIpc) is 2.06. The highest BCUT2D eigenvalue weighted by Gasteiger charge is 1.99. The summed E-state index contributed by atoms with van der Waals surface area (Å²) >= 11 is 0. The van der Waals surface area contributed by atoms with Gasteiger partial charge in [0, 0.05) is 0 Å². The summed E-state index contributed by atoms with van der Waals surface area (Å²) in [4.78, 5) is 10.4. The third kappa shape index (κ3) is 3.13. The monoisotopic (exact) mass is 200 g/mol. The summed E-state index contributed by atoms with van der Waals surface area (Å²) in [7, 11) is 0. The minimum absolute atomic E-state index is 0. The van der Waals surface area contributed by atoms with Crippen LogP contribution < -0.4 is 5.84 Å². The lowest BCUT2D eigenvalue weighted by molar-refractivity contribution is 0.0697. The number of aromatic carboxylic acids is 1. The maximum Gasteiger partial charge on any atom is 0.335 e. The molecular formula is C8H9ClN2O2. The van der Waals surface area contributed by atoms with Crippen molar-refractivity contribution in [2.75, 3.05) is 0 Å². The van der Waals surface area contributed by atoms with Crippen molar-refractivity contribution in [1.29, 1.82) is 0 Å². The zero-order chi connectivity index (χ0) is 8.97. The first-order valence-electron chi connectivity index (χ1n) is 3.30. The lowest BCUT2D eigenvalue weighted by Crippen LogP contribution is -1.96. The van der Waals surface area contributed by atoms with E-state index in [4.69, 9.17) is 10.9 Å².